The zero-order chi connectivity index (χ0) is 26.0. The highest BCUT2D eigenvalue weighted by molar-refractivity contribution is 7.97. The Labute approximate surface area is 207 Å². The van der Waals surface area contributed by atoms with E-state index in [-0.39, 0.29) is 12.4 Å². The third-order valence-corrected chi connectivity index (χ3v) is 5.85. The van der Waals surface area contributed by atoms with Crippen LogP contribution in [0.2, 0.25) is 0 Å². The number of aryl methyl sites for hydroxylation is 1. The average Bonchev–Trinajstić information content (AvgIpc) is 3.30. The van der Waals surface area contributed by atoms with E-state index in [0.29, 0.717) is 33.6 Å². The quantitative estimate of drug-likeness (QED) is 0.229. The molecule has 12 heteroatoms. The summed E-state index contributed by atoms with van der Waals surface area (Å²) < 4.78 is 47.5. The van der Waals surface area contributed by atoms with Crippen LogP contribution < -0.4 is 15.6 Å². The number of nitrogens with two attached hydrogens (primary N) is 2. The predicted molar refractivity (Wildman–Crippen MR) is 129 cm³/mol. The Morgan fingerprint density at radius 3 is 2.61 bits per heavy atom. The lowest BCUT2D eigenvalue weighted by Crippen LogP contribution is -2.18. The van der Waals surface area contributed by atoms with Gasteiger partial charge in [-0.3, -0.25) is 5.14 Å². The third-order valence-electron chi connectivity index (χ3n) is 5.23. The Morgan fingerprint density at radius 2 is 1.94 bits per heavy atom. The van der Waals surface area contributed by atoms with Gasteiger partial charge in [0.15, 0.2) is 11.5 Å². The second-order valence-electron chi connectivity index (χ2n) is 7.78. The Bertz CT molecular complexity index is 1440. The maximum atomic E-state index is 13.7. The smallest absolute Gasteiger partial charge is 0.434 e. The Balaban J connectivity index is 1.71. The van der Waals surface area contributed by atoms with Crippen LogP contribution in [-0.4, -0.2) is 25.8 Å². The molecule has 0 radical (unpaired) electrons. The minimum Gasteiger partial charge on any atom is -0.488 e. The van der Waals surface area contributed by atoms with Gasteiger partial charge in [0.2, 0.25) is 0 Å². The molecule has 0 aliphatic carbocycles. The molecular weight excluding hydrogens is 495 g/mol. The molecule has 0 atom stereocenters. The maximum Gasteiger partial charge on any atom is 0.434 e. The lowest BCUT2D eigenvalue weighted by atomic mass is 10.1. The van der Waals surface area contributed by atoms with Crippen molar-refractivity contribution in [1.29, 1.82) is 0 Å². The van der Waals surface area contributed by atoms with Crippen LogP contribution >= 0.6 is 11.9 Å². The van der Waals surface area contributed by atoms with Gasteiger partial charge in [-0.1, -0.05) is 23.8 Å². The number of halogens is 3. The van der Waals surface area contributed by atoms with E-state index in [1.54, 1.807) is 30.3 Å². The largest absolute Gasteiger partial charge is 0.488 e. The standard InChI is InChI=1S/C24H20F3N5O3S/c1-13-5-7-19(35-12-14-6-8-20(36-29)17(28)10-14)15(9-13)18-3-2-4-21(31-18)32-22(24(25,26)27)16(11-30-32)23(33)34/h2-11H,12,28-29H2,1H3,(H,33,34). The van der Waals surface area contributed by atoms with Crippen molar-refractivity contribution in [3.63, 3.8) is 0 Å². The third kappa shape index (κ3) is 5.14. The number of nitrogen functional groups attached to an aromatic ring is 1. The van der Waals surface area contributed by atoms with E-state index in [1.807, 2.05) is 19.1 Å². The van der Waals surface area contributed by atoms with E-state index in [2.05, 4.69) is 10.1 Å². The average molecular weight is 516 g/mol. The number of aromatic carboxylic acids is 1. The SMILES string of the molecule is Cc1ccc(OCc2ccc(SN)c(N)c2)c(-c2cccc(-n3ncc(C(=O)O)c3C(F)(F)F)n2)c1. The van der Waals surface area contributed by atoms with Gasteiger partial charge >= 0.3 is 12.1 Å². The summed E-state index contributed by atoms with van der Waals surface area (Å²) in [5.74, 6) is -1.48. The van der Waals surface area contributed by atoms with E-state index in [1.165, 1.54) is 12.1 Å². The van der Waals surface area contributed by atoms with Crippen molar-refractivity contribution in [3.05, 3.63) is 83.2 Å². The summed E-state index contributed by atoms with van der Waals surface area (Å²) in [4.78, 5) is 16.4. The van der Waals surface area contributed by atoms with Crippen LogP contribution in [0.25, 0.3) is 17.1 Å². The molecule has 5 N–H and O–H groups in total. The molecule has 0 saturated heterocycles. The first-order chi connectivity index (χ1) is 17.1. The first-order valence-electron chi connectivity index (χ1n) is 10.4. The summed E-state index contributed by atoms with van der Waals surface area (Å²) in [5.41, 5.74) is 6.65. The molecule has 186 valence electrons. The number of alkyl halides is 3. The number of nitrogens with zero attached hydrogens (tertiary/aromatic N) is 3. The molecule has 36 heavy (non-hydrogen) atoms. The number of carboxylic acid groups (broad SMARTS) is 1. The highest BCUT2D eigenvalue weighted by Crippen LogP contribution is 2.35. The van der Waals surface area contributed by atoms with E-state index >= 15 is 0 Å². The number of hydrogen-bond donors (Lipinski definition) is 3. The number of hydrogen-bond acceptors (Lipinski definition) is 7. The van der Waals surface area contributed by atoms with Gasteiger partial charge in [0.1, 0.15) is 17.9 Å². The fraction of sp³-hybridized carbons (Fsp3) is 0.125. The second-order valence-corrected chi connectivity index (χ2v) is 8.46. The fourth-order valence-corrected chi connectivity index (χ4v) is 3.91. The van der Waals surface area contributed by atoms with Crippen molar-refractivity contribution >= 4 is 23.6 Å². The van der Waals surface area contributed by atoms with Crippen LogP contribution in [0.3, 0.4) is 0 Å². The summed E-state index contributed by atoms with van der Waals surface area (Å²) in [6.07, 6.45) is -4.31. The van der Waals surface area contributed by atoms with Crippen LogP contribution in [0.4, 0.5) is 18.9 Å². The first kappa shape index (κ1) is 25.1. The summed E-state index contributed by atoms with van der Waals surface area (Å²) in [6.45, 7) is 2.03. The zero-order valence-electron chi connectivity index (χ0n) is 18.8. The summed E-state index contributed by atoms with van der Waals surface area (Å²) in [7, 11) is 0. The number of anilines is 1. The van der Waals surface area contributed by atoms with Crippen molar-refractivity contribution in [2.75, 3.05) is 5.73 Å². The molecule has 0 saturated carbocycles. The van der Waals surface area contributed by atoms with Gasteiger partial charge in [-0.15, -0.1) is 0 Å². The van der Waals surface area contributed by atoms with Crippen LogP contribution in [0.1, 0.15) is 27.2 Å². The van der Waals surface area contributed by atoms with E-state index in [4.69, 9.17) is 15.6 Å². The summed E-state index contributed by atoms with van der Waals surface area (Å²) in [5, 5.41) is 18.4. The molecule has 2 heterocycles. The van der Waals surface area contributed by atoms with Gasteiger partial charge in [-0.05, 0) is 60.8 Å². The number of carbonyl (C=O) groups is 1. The van der Waals surface area contributed by atoms with Gasteiger partial charge in [0.25, 0.3) is 0 Å². The molecule has 0 fully saturated rings. The van der Waals surface area contributed by atoms with Crippen molar-refractivity contribution in [2.24, 2.45) is 5.14 Å². The summed E-state index contributed by atoms with van der Waals surface area (Å²) >= 11 is 1.04. The highest BCUT2D eigenvalue weighted by Gasteiger charge is 2.41. The van der Waals surface area contributed by atoms with Crippen LogP contribution in [0.5, 0.6) is 5.75 Å². The van der Waals surface area contributed by atoms with Crippen molar-refractivity contribution < 1.29 is 27.8 Å². The van der Waals surface area contributed by atoms with Crippen molar-refractivity contribution in [1.82, 2.24) is 14.8 Å². The molecule has 2 aromatic heterocycles. The number of benzene rings is 2. The normalized spacial score (nSPS) is 11.5. The monoisotopic (exact) mass is 515 g/mol. The fourth-order valence-electron chi connectivity index (χ4n) is 3.57. The lowest BCUT2D eigenvalue weighted by Gasteiger charge is -2.15. The molecule has 4 aromatic rings. The molecule has 0 unspecified atom stereocenters. The van der Waals surface area contributed by atoms with Crippen LogP contribution in [-0.2, 0) is 12.8 Å². The van der Waals surface area contributed by atoms with Gasteiger partial charge in [-0.25, -0.2) is 14.5 Å². The molecule has 0 spiro atoms. The number of aromatic nitrogens is 3. The second kappa shape index (κ2) is 9.91. The molecule has 0 aliphatic rings. The first-order valence-corrected chi connectivity index (χ1v) is 11.3. The minimum absolute atomic E-state index is 0.175. The Morgan fingerprint density at radius 1 is 1.17 bits per heavy atom. The van der Waals surface area contributed by atoms with Gasteiger partial charge in [-0.2, -0.15) is 18.3 Å². The Hall–Kier alpha value is -4.03. The molecule has 0 aliphatic heterocycles. The molecule has 4 rings (SSSR count). The number of rotatable bonds is 7. The summed E-state index contributed by atoms with van der Waals surface area (Å²) in [6, 6.07) is 15.2. The number of ether oxygens (including phenoxy) is 1. The molecular formula is C24H20F3N5O3S. The maximum absolute atomic E-state index is 13.7. The topological polar surface area (TPSA) is 129 Å². The van der Waals surface area contributed by atoms with Crippen LogP contribution in [0.15, 0.2) is 65.7 Å². The zero-order valence-corrected chi connectivity index (χ0v) is 19.6. The molecule has 2 aromatic carbocycles. The van der Waals surface area contributed by atoms with Gasteiger partial charge in [0, 0.05) is 16.1 Å². The van der Waals surface area contributed by atoms with E-state index in [0.717, 1.165) is 28.0 Å². The van der Waals surface area contributed by atoms with Gasteiger partial charge in [0.05, 0.1) is 11.9 Å². The molecule has 8 nitrogen and oxygen atoms in total. The molecule has 0 amide bonds. The lowest BCUT2D eigenvalue weighted by molar-refractivity contribution is -0.143. The minimum atomic E-state index is -4.96. The van der Waals surface area contributed by atoms with Crippen molar-refractivity contribution in [2.45, 2.75) is 24.6 Å². The molecule has 0 bridgehead atoms. The van der Waals surface area contributed by atoms with Crippen molar-refractivity contribution in [3.8, 4) is 22.8 Å². The predicted octanol–water partition coefficient (Wildman–Crippen LogP) is 5.09. The Kier molecular flexibility index (Phi) is 6.91. The number of carboxylic acids is 1. The van der Waals surface area contributed by atoms with E-state index in [9.17, 15) is 23.1 Å². The van der Waals surface area contributed by atoms with Gasteiger partial charge < -0.3 is 15.6 Å². The highest BCUT2D eigenvalue weighted by atomic mass is 32.2. The number of pyridine rings is 1. The van der Waals surface area contributed by atoms with E-state index < -0.39 is 23.4 Å². The van der Waals surface area contributed by atoms with Crippen LogP contribution in [0, 0.1) is 6.92 Å².